The van der Waals surface area contributed by atoms with Gasteiger partial charge in [0.15, 0.2) is 5.65 Å². The topological polar surface area (TPSA) is 83.8 Å². The number of alkyl halides is 3. The zero-order valence-corrected chi connectivity index (χ0v) is 12.6. The quantitative estimate of drug-likeness (QED) is 0.765. The smallest absolute Gasteiger partial charge is 0.390 e. The largest absolute Gasteiger partial charge is 0.416 e. The Morgan fingerprint density at radius 1 is 1.25 bits per heavy atom. The fourth-order valence-electron chi connectivity index (χ4n) is 2.45. The van der Waals surface area contributed by atoms with Crippen LogP contribution in [0.3, 0.4) is 0 Å². The molecule has 24 heavy (non-hydrogen) atoms. The van der Waals surface area contributed by atoms with Gasteiger partial charge in [0.25, 0.3) is 5.56 Å². The Labute approximate surface area is 133 Å². The maximum atomic E-state index is 12.6. The van der Waals surface area contributed by atoms with Crippen molar-refractivity contribution in [3.63, 3.8) is 0 Å². The maximum Gasteiger partial charge on any atom is 0.416 e. The SMILES string of the molecule is Cc1nc2c(c(CO)nn2Cc2ccc(C(F)(F)F)cc2)c(=O)[nH]1. The summed E-state index contributed by atoms with van der Waals surface area (Å²) in [5.74, 6) is 0.380. The van der Waals surface area contributed by atoms with Crippen LogP contribution in [0, 0.1) is 6.92 Å². The molecule has 0 unspecified atom stereocenters. The van der Waals surface area contributed by atoms with E-state index >= 15 is 0 Å². The molecular formula is C15H13F3N4O2. The van der Waals surface area contributed by atoms with Gasteiger partial charge in [0.1, 0.15) is 16.9 Å². The van der Waals surface area contributed by atoms with Crippen LogP contribution in [0.2, 0.25) is 0 Å². The highest BCUT2D eigenvalue weighted by Gasteiger charge is 2.30. The van der Waals surface area contributed by atoms with Gasteiger partial charge in [-0.15, -0.1) is 0 Å². The Morgan fingerprint density at radius 3 is 2.50 bits per heavy atom. The number of H-pyrrole nitrogens is 1. The van der Waals surface area contributed by atoms with Gasteiger partial charge in [-0.3, -0.25) is 4.79 Å². The summed E-state index contributed by atoms with van der Waals surface area (Å²) >= 11 is 0. The fraction of sp³-hybridized carbons (Fsp3) is 0.267. The van der Waals surface area contributed by atoms with Gasteiger partial charge in [-0.25, -0.2) is 9.67 Å². The zero-order chi connectivity index (χ0) is 17.5. The molecule has 0 saturated carbocycles. The highest BCUT2D eigenvalue weighted by Crippen LogP contribution is 2.29. The second kappa shape index (κ2) is 5.75. The van der Waals surface area contributed by atoms with Crippen LogP contribution in [-0.2, 0) is 19.3 Å². The second-order valence-corrected chi connectivity index (χ2v) is 5.31. The van der Waals surface area contributed by atoms with E-state index in [1.54, 1.807) is 6.92 Å². The van der Waals surface area contributed by atoms with E-state index in [-0.39, 0.29) is 23.3 Å². The number of aryl methyl sites for hydroxylation is 1. The van der Waals surface area contributed by atoms with Crippen LogP contribution in [0.1, 0.15) is 22.6 Å². The third-order valence-corrected chi connectivity index (χ3v) is 3.56. The van der Waals surface area contributed by atoms with Gasteiger partial charge in [0.2, 0.25) is 0 Å². The van der Waals surface area contributed by atoms with Gasteiger partial charge in [0, 0.05) is 0 Å². The lowest BCUT2D eigenvalue weighted by molar-refractivity contribution is -0.137. The summed E-state index contributed by atoms with van der Waals surface area (Å²) in [6.45, 7) is 1.30. The molecule has 6 nitrogen and oxygen atoms in total. The highest BCUT2D eigenvalue weighted by atomic mass is 19.4. The Kier molecular flexibility index (Phi) is 3.88. The first-order chi connectivity index (χ1) is 11.3. The normalized spacial score (nSPS) is 12.0. The lowest BCUT2D eigenvalue weighted by atomic mass is 10.1. The summed E-state index contributed by atoms with van der Waals surface area (Å²) in [5, 5.41) is 13.7. The maximum absolute atomic E-state index is 12.6. The van der Waals surface area contributed by atoms with Gasteiger partial charge in [0.05, 0.1) is 18.7 Å². The number of hydrogen-bond donors (Lipinski definition) is 2. The van der Waals surface area contributed by atoms with E-state index < -0.39 is 23.9 Å². The van der Waals surface area contributed by atoms with Crippen LogP contribution in [-0.4, -0.2) is 24.9 Å². The van der Waals surface area contributed by atoms with Crippen molar-refractivity contribution in [2.75, 3.05) is 0 Å². The molecule has 3 aromatic rings. The average Bonchev–Trinajstić information content (AvgIpc) is 2.85. The van der Waals surface area contributed by atoms with E-state index in [1.807, 2.05) is 0 Å². The first-order valence-corrected chi connectivity index (χ1v) is 7.03. The molecule has 0 amide bonds. The van der Waals surface area contributed by atoms with Gasteiger partial charge in [-0.05, 0) is 24.6 Å². The molecule has 3 rings (SSSR count). The summed E-state index contributed by atoms with van der Waals surface area (Å²) in [7, 11) is 0. The van der Waals surface area contributed by atoms with Crippen LogP contribution in [0.4, 0.5) is 13.2 Å². The number of rotatable bonds is 3. The number of halogens is 3. The molecular weight excluding hydrogens is 325 g/mol. The molecule has 1 aromatic carbocycles. The van der Waals surface area contributed by atoms with E-state index in [0.29, 0.717) is 11.4 Å². The number of aliphatic hydroxyl groups is 1. The lowest BCUT2D eigenvalue weighted by Crippen LogP contribution is -2.11. The molecule has 2 aromatic heterocycles. The Morgan fingerprint density at radius 2 is 1.92 bits per heavy atom. The van der Waals surface area contributed by atoms with Crippen molar-refractivity contribution in [2.45, 2.75) is 26.3 Å². The summed E-state index contributed by atoms with van der Waals surface area (Å²) in [4.78, 5) is 18.8. The first-order valence-electron chi connectivity index (χ1n) is 7.03. The fourth-order valence-corrected chi connectivity index (χ4v) is 2.45. The Hall–Kier alpha value is -2.68. The number of aromatic amines is 1. The standard InChI is InChI=1S/C15H13F3N4O2/c1-8-19-13-12(14(24)20-8)11(7-23)21-22(13)6-9-2-4-10(5-3-9)15(16,17)18/h2-5,23H,6-7H2,1H3,(H,19,20,24). The van der Waals surface area contributed by atoms with Gasteiger partial charge >= 0.3 is 6.18 Å². The van der Waals surface area contributed by atoms with Crippen molar-refractivity contribution in [2.24, 2.45) is 0 Å². The monoisotopic (exact) mass is 338 g/mol. The van der Waals surface area contributed by atoms with Crippen LogP contribution >= 0.6 is 0 Å². The zero-order valence-electron chi connectivity index (χ0n) is 12.6. The van der Waals surface area contributed by atoms with Crippen molar-refractivity contribution in [1.82, 2.24) is 19.7 Å². The summed E-state index contributed by atoms with van der Waals surface area (Å²) in [6.07, 6.45) is -4.40. The Balaban J connectivity index is 2.03. The predicted octanol–water partition coefficient (Wildman–Crippen LogP) is 1.99. The molecule has 0 bridgehead atoms. The summed E-state index contributed by atoms with van der Waals surface area (Å²) in [5.41, 5.74) is -0.138. The number of aromatic nitrogens is 4. The van der Waals surface area contributed by atoms with E-state index in [2.05, 4.69) is 15.1 Å². The van der Waals surface area contributed by atoms with Crippen molar-refractivity contribution in [3.05, 3.63) is 57.3 Å². The predicted molar refractivity (Wildman–Crippen MR) is 79.4 cm³/mol. The van der Waals surface area contributed by atoms with E-state index in [4.69, 9.17) is 0 Å². The molecule has 0 spiro atoms. The van der Waals surface area contributed by atoms with Crippen LogP contribution in [0.25, 0.3) is 11.0 Å². The van der Waals surface area contributed by atoms with Crippen LogP contribution in [0.5, 0.6) is 0 Å². The van der Waals surface area contributed by atoms with Crippen LogP contribution < -0.4 is 5.56 Å². The number of nitrogens with zero attached hydrogens (tertiary/aromatic N) is 3. The molecule has 2 N–H and O–H groups in total. The molecule has 0 radical (unpaired) electrons. The number of aliphatic hydroxyl groups excluding tert-OH is 1. The molecule has 0 saturated heterocycles. The van der Waals surface area contributed by atoms with Gasteiger partial charge in [-0.2, -0.15) is 18.3 Å². The molecule has 0 atom stereocenters. The van der Waals surface area contributed by atoms with E-state index in [1.165, 1.54) is 16.8 Å². The van der Waals surface area contributed by atoms with Gasteiger partial charge in [-0.1, -0.05) is 12.1 Å². The average molecular weight is 338 g/mol. The minimum absolute atomic E-state index is 0.129. The van der Waals surface area contributed by atoms with Crippen LogP contribution in [0.15, 0.2) is 29.1 Å². The third kappa shape index (κ3) is 2.90. The number of benzene rings is 1. The molecule has 2 heterocycles. The van der Waals surface area contributed by atoms with Crippen molar-refractivity contribution in [1.29, 1.82) is 0 Å². The number of fused-ring (bicyclic) bond motifs is 1. The third-order valence-electron chi connectivity index (χ3n) is 3.56. The van der Waals surface area contributed by atoms with Crippen molar-refractivity contribution < 1.29 is 18.3 Å². The molecule has 9 heteroatoms. The molecule has 0 aliphatic carbocycles. The Bertz CT molecular complexity index is 942. The van der Waals surface area contributed by atoms with Crippen molar-refractivity contribution >= 4 is 11.0 Å². The summed E-state index contributed by atoms with van der Waals surface area (Å²) in [6, 6.07) is 4.66. The van der Waals surface area contributed by atoms with Crippen molar-refractivity contribution in [3.8, 4) is 0 Å². The molecule has 0 aliphatic heterocycles. The minimum Gasteiger partial charge on any atom is -0.390 e. The molecule has 126 valence electrons. The lowest BCUT2D eigenvalue weighted by Gasteiger charge is -2.08. The van der Waals surface area contributed by atoms with Gasteiger partial charge < -0.3 is 10.1 Å². The number of hydrogen-bond acceptors (Lipinski definition) is 4. The van der Waals surface area contributed by atoms with E-state index in [0.717, 1.165) is 12.1 Å². The summed E-state index contributed by atoms with van der Waals surface area (Å²) < 4.78 is 39.2. The molecule has 0 fully saturated rings. The first kappa shape index (κ1) is 16.2. The second-order valence-electron chi connectivity index (χ2n) is 5.31. The van der Waals surface area contributed by atoms with E-state index in [9.17, 15) is 23.1 Å². The molecule has 0 aliphatic rings. The highest BCUT2D eigenvalue weighted by molar-refractivity contribution is 5.77. The number of nitrogens with one attached hydrogen (secondary N) is 1. The minimum atomic E-state index is -4.40.